The van der Waals surface area contributed by atoms with E-state index in [9.17, 15) is 0 Å². The van der Waals surface area contributed by atoms with Crippen molar-refractivity contribution in [2.45, 2.75) is 0 Å². The molecule has 0 fully saturated rings. The number of hydrazine groups is 1. The maximum atomic E-state index is 5.28. The van der Waals surface area contributed by atoms with Crippen molar-refractivity contribution < 1.29 is 4.68 Å². The number of hydrogen-bond donors (Lipinski definition) is 2. The third-order valence-electron chi connectivity index (χ3n) is 0.735. The van der Waals surface area contributed by atoms with Gasteiger partial charge in [-0.1, -0.05) is 4.68 Å². The smallest absolute Gasteiger partial charge is 0.309 e. The van der Waals surface area contributed by atoms with Crippen molar-refractivity contribution in [1.29, 1.82) is 0 Å². The summed E-state index contributed by atoms with van der Waals surface area (Å²) in [5.41, 5.74) is 0. The standard InChI is InChI=1S/C5H7N3/c6-8-4-1-2-7-3-5-8/h1-3,5,7H,6H2/q+1. The third-order valence-corrected chi connectivity index (χ3v) is 0.735. The van der Waals surface area contributed by atoms with Crippen LogP contribution in [0.5, 0.6) is 0 Å². The summed E-state index contributed by atoms with van der Waals surface area (Å²) in [6, 6.07) is 0. The molecule has 0 aromatic carbocycles. The van der Waals surface area contributed by atoms with Crippen LogP contribution in [-0.2, 0) is 0 Å². The van der Waals surface area contributed by atoms with Crippen molar-refractivity contribution in [2.75, 3.05) is 0 Å². The average Bonchev–Trinajstić information content (AvgIpc) is 1.94. The summed E-state index contributed by atoms with van der Waals surface area (Å²) in [6.07, 6.45) is 9.54. The molecule has 0 aromatic heterocycles. The minimum Gasteiger partial charge on any atom is -0.362 e. The number of hydrogen-bond acceptors (Lipinski definition) is 2. The minimum absolute atomic E-state index is 1.34. The Bertz CT molecular complexity index is 155. The third kappa shape index (κ3) is 1.11. The molecule has 1 aliphatic rings. The van der Waals surface area contributed by atoms with Crippen LogP contribution in [0.25, 0.3) is 0 Å². The molecule has 0 spiro atoms. The van der Waals surface area contributed by atoms with Gasteiger partial charge in [0.2, 0.25) is 6.20 Å². The zero-order valence-electron chi connectivity index (χ0n) is 4.33. The summed E-state index contributed by atoms with van der Waals surface area (Å²) in [5, 5.41) is 2.83. The van der Waals surface area contributed by atoms with Gasteiger partial charge in [0.15, 0.2) is 0 Å². The van der Waals surface area contributed by atoms with Gasteiger partial charge < -0.3 is 5.32 Å². The van der Waals surface area contributed by atoms with Crippen LogP contribution in [0.1, 0.15) is 0 Å². The van der Waals surface area contributed by atoms with Gasteiger partial charge >= 0.3 is 6.21 Å². The van der Waals surface area contributed by atoms with Gasteiger partial charge in [-0.15, -0.1) is 0 Å². The lowest BCUT2D eigenvalue weighted by atomic mass is 10.7. The van der Waals surface area contributed by atoms with E-state index in [2.05, 4.69) is 11.5 Å². The van der Waals surface area contributed by atoms with Crippen molar-refractivity contribution in [3.8, 4) is 0 Å². The fourth-order valence-electron chi connectivity index (χ4n) is 0.393. The second-order valence-electron chi connectivity index (χ2n) is 1.35. The molecule has 3 heteroatoms. The van der Waals surface area contributed by atoms with Gasteiger partial charge in [-0.3, -0.25) is 0 Å². The lowest BCUT2D eigenvalue weighted by Crippen LogP contribution is -2.12. The minimum atomic E-state index is 1.34. The molecule has 3 nitrogen and oxygen atoms in total. The fourth-order valence-corrected chi connectivity index (χ4v) is 0.393. The first-order valence-electron chi connectivity index (χ1n) is 2.27. The number of nitrogens with zero attached hydrogens (tertiary/aromatic N) is 1. The largest absolute Gasteiger partial charge is 0.362 e. The predicted octanol–water partition coefficient (Wildman–Crippen LogP) is -0.591. The monoisotopic (exact) mass is 109 g/mol. The lowest BCUT2D eigenvalue weighted by molar-refractivity contribution is -0.463. The molecule has 1 aliphatic heterocycles. The molecule has 0 aliphatic carbocycles. The molecular formula is C5H7N3+. The second-order valence-corrected chi connectivity index (χ2v) is 1.35. The Labute approximate surface area is 47.8 Å². The highest BCUT2D eigenvalue weighted by Crippen LogP contribution is 1.72. The van der Waals surface area contributed by atoms with E-state index in [4.69, 9.17) is 5.84 Å². The number of rotatable bonds is 0. The zero-order valence-corrected chi connectivity index (χ0v) is 4.33. The van der Waals surface area contributed by atoms with Gasteiger partial charge in [-0.2, -0.15) is 0 Å². The molecule has 0 aromatic rings. The highest BCUT2D eigenvalue weighted by molar-refractivity contribution is 5.66. The number of nitrogens with two attached hydrogens (primary N) is 1. The molecule has 1 heterocycles. The van der Waals surface area contributed by atoms with Crippen LogP contribution < -0.4 is 11.2 Å². The van der Waals surface area contributed by atoms with E-state index < -0.39 is 0 Å². The first-order chi connectivity index (χ1) is 3.89. The Balaban J connectivity index is 2.73. The lowest BCUT2D eigenvalue weighted by Gasteiger charge is -1.77. The highest BCUT2D eigenvalue weighted by atomic mass is 15.3. The van der Waals surface area contributed by atoms with Crippen LogP contribution in [0.4, 0.5) is 0 Å². The molecule has 0 unspecified atom stereocenters. The molecule has 8 heavy (non-hydrogen) atoms. The first-order valence-corrected chi connectivity index (χ1v) is 2.27. The van der Waals surface area contributed by atoms with Gasteiger partial charge in [0.05, 0.1) is 6.20 Å². The van der Waals surface area contributed by atoms with Crippen LogP contribution in [-0.4, -0.2) is 10.9 Å². The first kappa shape index (κ1) is 4.90. The predicted molar refractivity (Wildman–Crippen MR) is 30.9 cm³/mol. The molecule has 1 radical (unpaired) electrons. The number of hydrazone groups is 1. The summed E-state index contributed by atoms with van der Waals surface area (Å²) in [7, 11) is 0. The van der Waals surface area contributed by atoms with Crippen LogP contribution in [0.3, 0.4) is 0 Å². The maximum Gasteiger partial charge on any atom is 0.309 e. The Morgan fingerprint density at radius 1 is 1.50 bits per heavy atom. The zero-order chi connectivity index (χ0) is 5.82. The van der Waals surface area contributed by atoms with Crippen molar-refractivity contribution >= 4 is 6.21 Å². The van der Waals surface area contributed by atoms with Crippen molar-refractivity contribution in [3.05, 3.63) is 24.7 Å². The van der Waals surface area contributed by atoms with Gasteiger partial charge in [0.25, 0.3) is 0 Å². The Kier molecular flexibility index (Phi) is 1.32. The quantitative estimate of drug-likeness (QED) is 0.322. The molecule has 1 rings (SSSR count). The van der Waals surface area contributed by atoms with Crippen molar-refractivity contribution in [3.63, 3.8) is 0 Å². The number of nitrogens with one attached hydrogen (secondary N) is 1. The van der Waals surface area contributed by atoms with E-state index in [1.807, 2.05) is 0 Å². The Hall–Kier alpha value is -1.25. The molecule has 3 N–H and O–H groups in total. The van der Waals surface area contributed by atoms with E-state index in [0.29, 0.717) is 0 Å². The topological polar surface area (TPSA) is 41.1 Å². The highest BCUT2D eigenvalue weighted by Gasteiger charge is 1.89. The summed E-state index contributed by atoms with van der Waals surface area (Å²) < 4.78 is 1.34. The average molecular weight is 109 g/mol. The van der Waals surface area contributed by atoms with Gasteiger partial charge in [-0.05, 0) is 0 Å². The molecule has 0 saturated heterocycles. The maximum absolute atomic E-state index is 5.28. The second kappa shape index (κ2) is 2.16. The van der Waals surface area contributed by atoms with E-state index in [1.165, 1.54) is 4.68 Å². The SMILES string of the molecule is N[N+]1=[C]C=CNC=C1. The summed E-state index contributed by atoms with van der Waals surface area (Å²) in [5.74, 6) is 5.28. The van der Waals surface area contributed by atoms with Crippen molar-refractivity contribution in [2.24, 2.45) is 5.84 Å². The summed E-state index contributed by atoms with van der Waals surface area (Å²) in [6.45, 7) is 0. The molecule has 0 atom stereocenters. The molecule has 0 amide bonds. The van der Waals surface area contributed by atoms with E-state index in [-0.39, 0.29) is 0 Å². The fraction of sp³-hybridized carbons (Fsp3) is 0. The summed E-state index contributed by atoms with van der Waals surface area (Å²) in [4.78, 5) is 0. The summed E-state index contributed by atoms with van der Waals surface area (Å²) >= 11 is 0. The van der Waals surface area contributed by atoms with E-state index in [1.54, 1.807) is 24.7 Å². The van der Waals surface area contributed by atoms with E-state index in [0.717, 1.165) is 0 Å². The van der Waals surface area contributed by atoms with E-state index >= 15 is 0 Å². The normalized spacial score (nSPS) is 16.8. The van der Waals surface area contributed by atoms with Crippen LogP contribution in [0.2, 0.25) is 0 Å². The van der Waals surface area contributed by atoms with Crippen LogP contribution >= 0.6 is 0 Å². The van der Waals surface area contributed by atoms with Gasteiger partial charge in [0.1, 0.15) is 0 Å². The van der Waals surface area contributed by atoms with Crippen LogP contribution in [0.15, 0.2) is 24.7 Å². The van der Waals surface area contributed by atoms with Crippen LogP contribution in [0, 0.1) is 0 Å². The van der Waals surface area contributed by atoms with Gasteiger partial charge in [0, 0.05) is 12.3 Å². The Morgan fingerprint density at radius 2 is 2.38 bits per heavy atom. The molecular weight excluding hydrogens is 102 g/mol. The molecule has 0 bridgehead atoms. The number of allylic oxidation sites excluding steroid dienone is 1. The van der Waals surface area contributed by atoms with Gasteiger partial charge in [-0.25, -0.2) is 5.84 Å². The van der Waals surface area contributed by atoms with Crippen molar-refractivity contribution in [1.82, 2.24) is 5.32 Å². The Morgan fingerprint density at radius 3 is 3.25 bits per heavy atom. The molecule has 41 valence electrons. The molecule has 0 saturated carbocycles.